The predicted octanol–water partition coefficient (Wildman–Crippen LogP) is 0.455. The van der Waals surface area contributed by atoms with Gasteiger partial charge in [0, 0.05) is 45.2 Å². The normalized spacial score (nSPS) is 28.3. The van der Waals surface area contributed by atoms with Crippen LogP contribution < -0.4 is 5.32 Å². The lowest BCUT2D eigenvalue weighted by molar-refractivity contribution is -0.142. The molecule has 2 heterocycles. The first kappa shape index (κ1) is 14.3. The summed E-state index contributed by atoms with van der Waals surface area (Å²) in [5, 5.41) is 3.30. The highest BCUT2D eigenvalue weighted by molar-refractivity contribution is 5.81. The first-order valence-corrected chi connectivity index (χ1v) is 7.42. The second-order valence-electron chi connectivity index (χ2n) is 5.62. The Morgan fingerprint density at radius 3 is 2.79 bits per heavy atom. The van der Waals surface area contributed by atoms with Crippen LogP contribution in [0.5, 0.6) is 0 Å². The minimum absolute atomic E-state index is 0.00444. The van der Waals surface area contributed by atoms with E-state index < -0.39 is 0 Å². The maximum Gasteiger partial charge on any atom is 0.227 e. The van der Waals surface area contributed by atoms with Gasteiger partial charge >= 0.3 is 0 Å². The molecule has 1 unspecified atom stereocenters. The Hall–Kier alpha value is -1.10. The SMILES string of the molecule is CCC(=O)N1CCCC(C(=O)N2CCNC[C@@H]2C)C1. The van der Waals surface area contributed by atoms with Crippen LogP contribution in [0.1, 0.15) is 33.1 Å². The monoisotopic (exact) mass is 267 g/mol. The van der Waals surface area contributed by atoms with Gasteiger partial charge in [0.15, 0.2) is 0 Å². The van der Waals surface area contributed by atoms with Gasteiger partial charge in [-0.2, -0.15) is 0 Å². The molecular weight excluding hydrogens is 242 g/mol. The van der Waals surface area contributed by atoms with Gasteiger partial charge < -0.3 is 15.1 Å². The first-order valence-electron chi connectivity index (χ1n) is 7.42. The Morgan fingerprint density at radius 2 is 2.11 bits per heavy atom. The minimum Gasteiger partial charge on any atom is -0.342 e. The van der Waals surface area contributed by atoms with Crippen LogP contribution in [0.4, 0.5) is 0 Å². The largest absolute Gasteiger partial charge is 0.342 e. The summed E-state index contributed by atoms with van der Waals surface area (Å²) in [6.45, 7) is 7.93. The first-order chi connectivity index (χ1) is 9.13. The van der Waals surface area contributed by atoms with Gasteiger partial charge in [0.2, 0.25) is 11.8 Å². The van der Waals surface area contributed by atoms with Crippen molar-refractivity contribution in [3.05, 3.63) is 0 Å². The Morgan fingerprint density at radius 1 is 1.32 bits per heavy atom. The van der Waals surface area contributed by atoms with Gasteiger partial charge in [0.1, 0.15) is 0 Å². The van der Waals surface area contributed by atoms with Gasteiger partial charge in [0.25, 0.3) is 0 Å². The number of rotatable bonds is 2. The molecule has 0 aromatic carbocycles. The molecule has 0 bridgehead atoms. The van der Waals surface area contributed by atoms with Crippen molar-refractivity contribution in [1.82, 2.24) is 15.1 Å². The molecule has 0 radical (unpaired) electrons. The topological polar surface area (TPSA) is 52.7 Å². The molecule has 2 amide bonds. The van der Waals surface area contributed by atoms with Crippen molar-refractivity contribution >= 4 is 11.8 Å². The molecule has 19 heavy (non-hydrogen) atoms. The summed E-state index contributed by atoms with van der Waals surface area (Å²) in [7, 11) is 0. The highest BCUT2D eigenvalue weighted by atomic mass is 16.2. The average Bonchev–Trinajstić information content (AvgIpc) is 2.46. The summed E-state index contributed by atoms with van der Waals surface area (Å²) < 4.78 is 0. The van der Waals surface area contributed by atoms with E-state index in [1.165, 1.54) is 0 Å². The number of hydrogen-bond acceptors (Lipinski definition) is 3. The lowest BCUT2D eigenvalue weighted by Crippen LogP contribution is -2.55. The van der Waals surface area contributed by atoms with Crippen molar-refractivity contribution in [3.8, 4) is 0 Å². The van der Waals surface area contributed by atoms with Gasteiger partial charge in [-0.15, -0.1) is 0 Å². The molecule has 1 N–H and O–H groups in total. The van der Waals surface area contributed by atoms with Gasteiger partial charge in [-0.1, -0.05) is 6.92 Å². The molecule has 2 saturated heterocycles. The number of nitrogens with zero attached hydrogens (tertiary/aromatic N) is 2. The lowest BCUT2D eigenvalue weighted by atomic mass is 9.95. The molecule has 5 heteroatoms. The number of likely N-dealkylation sites (tertiary alicyclic amines) is 1. The predicted molar refractivity (Wildman–Crippen MR) is 73.6 cm³/mol. The standard InChI is InChI=1S/C14H25N3O2/c1-3-13(18)16-7-4-5-12(10-16)14(19)17-8-6-15-9-11(17)2/h11-12,15H,3-10H2,1-2H3/t11-,12?/m0/s1. The van der Waals surface area contributed by atoms with Crippen molar-refractivity contribution in [1.29, 1.82) is 0 Å². The van der Waals surface area contributed by atoms with Crippen LogP contribution in [0.3, 0.4) is 0 Å². The van der Waals surface area contributed by atoms with Gasteiger partial charge in [-0.3, -0.25) is 9.59 Å². The number of nitrogens with one attached hydrogen (secondary N) is 1. The summed E-state index contributed by atoms with van der Waals surface area (Å²) in [6.07, 6.45) is 2.40. The Balaban J connectivity index is 1.96. The van der Waals surface area contributed by atoms with Crippen LogP contribution in [0.25, 0.3) is 0 Å². The molecule has 2 fully saturated rings. The number of piperidine rings is 1. The fourth-order valence-corrected chi connectivity index (χ4v) is 3.03. The third-order valence-electron chi connectivity index (χ3n) is 4.21. The number of carbonyl (C=O) groups excluding carboxylic acids is 2. The average molecular weight is 267 g/mol. The molecule has 2 aliphatic rings. The van der Waals surface area contributed by atoms with Crippen molar-refractivity contribution in [3.63, 3.8) is 0 Å². The second kappa shape index (κ2) is 6.37. The van der Waals surface area contributed by atoms with E-state index in [0.29, 0.717) is 13.0 Å². The Labute approximate surface area is 115 Å². The van der Waals surface area contributed by atoms with Crippen molar-refractivity contribution in [2.75, 3.05) is 32.7 Å². The van der Waals surface area contributed by atoms with Crippen molar-refractivity contribution in [2.24, 2.45) is 5.92 Å². The number of hydrogen-bond donors (Lipinski definition) is 1. The van der Waals surface area contributed by atoms with Crippen LogP contribution in [-0.2, 0) is 9.59 Å². The van der Waals surface area contributed by atoms with Crippen molar-refractivity contribution < 1.29 is 9.59 Å². The van der Waals surface area contributed by atoms with E-state index in [4.69, 9.17) is 0 Å². The fourth-order valence-electron chi connectivity index (χ4n) is 3.03. The minimum atomic E-state index is 0.00444. The molecule has 5 nitrogen and oxygen atoms in total. The van der Waals surface area contributed by atoms with E-state index in [0.717, 1.165) is 39.0 Å². The highest BCUT2D eigenvalue weighted by Gasteiger charge is 2.33. The maximum atomic E-state index is 12.6. The Kier molecular flexibility index (Phi) is 4.80. The zero-order chi connectivity index (χ0) is 13.8. The molecule has 0 saturated carbocycles. The summed E-state index contributed by atoms with van der Waals surface area (Å²) in [4.78, 5) is 28.2. The van der Waals surface area contributed by atoms with Gasteiger partial charge in [-0.05, 0) is 19.8 Å². The smallest absolute Gasteiger partial charge is 0.227 e. The van der Waals surface area contributed by atoms with E-state index in [1.54, 1.807) is 0 Å². The fraction of sp³-hybridized carbons (Fsp3) is 0.857. The molecule has 0 aromatic heterocycles. The molecule has 2 atom stereocenters. The summed E-state index contributed by atoms with van der Waals surface area (Å²) in [5.74, 6) is 0.415. The number of piperazine rings is 1. The summed E-state index contributed by atoms with van der Waals surface area (Å²) in [5.41, 5.74) is 0. The van der Waals surface area contributed by atoms with Gasteiger partial charge in [-0.25, -0.2) is 0 Å². The van der Waals surface area contributed by atoms with E-state index in [1.807, 2.05) is 16.7 Å². The van der Waals surface area contributed by atoms with Crippen LogP contribution in [0, 0.1) is 5.92 Å². The van der Waals surface area contributed by atoms with E-state index in [-0.39, 0.29) is 23.8 Å². The maximum absolute atomic E-state index is 12.6. The molecule has 2 aliphatic heterocycles. The molecule has 0 aromatic rings. The molecular formula is C14H25N3O2. The van der Waals surface area contributed by atoms with Crippen LogP contribution in [-0.4, -0.2) is 60.4 Å². The molecule has 0 aliphatic carbocycles. The lowest BCUT2D eigenvalue weighted by Gasteiger charge is -2.39. The van der Waals surface area contributed by atoms with E-state index in [2.05, 4.69) is 12.2 Å². The number of carbonyl (C=O) groups is 2. The van der Waals surface area contributed by atoms with E-state index >= 15 is 0 Å². The summed E-state index contributed by atoms with van der Waals surface area (Å²) in [6, 6.07) is 0.263. The Bertz CT molecular complexity index is 346. The summed E-state index contributed by atoms with van der Waals surface area (Å²) >= 11 is 0. The quantitative estimate of drug-likeness (QED) is 0.790. The van der Waals surface area contributed by atoms with Crippen LogP contribution >= 0.6 is 0 Å². The zero-order valence-electron chi connectivity index (χ0n) is 12.0. The third-order valence-corrected chi connectivity index (χ3v) is 4.21. The molecule has 0 spiro atoms. The zero-order valence-corrected chi connectivity index (χ0v) is 12.0. The van der Waals surface area contributed by atoms with Crippen molar-refractivity contribution in [2.45, 2.75) is 39.2 Å². The van der Waals surface area contributed by atoms with Gasteiger partial charge in [0.05, 0.1) is 5.92 Å². The number of amides is 2. The third kappa shape index (κ3) is 3.26. The van der Waals surface area contributed by atoms with Crippen LogP contribution in [0.15, 0.2) is 0 Å². The molecule has 108 valence electrons. The van der Waals surface area contributed by atoms with E-state index in [9.17, 15) is 9.59 Å². The highest BCUT2D eigenvalue weighted by Crippen LogP contribution is 2.21. The van der Waals surface area contributed by atoms with Crippen LogP contribution in [0.2, 0.25) is 0 Å². The second-order valence-corrected chi connectivity index (χ2v) is 5.62. The molecule has 2 rings (SSSR count).